The van der Waals surface area contributed by atoms with Gasteiger partial charge >= 0.3 is 0 Å². The van der Waals surface area contributed by atoms with Crippen LogP contribution < -0.4 is 0 Å². The average Bonchev–Trinajstić information content (AvgIpc) is 2.15. The molecule has 1 fully saturated rings. The van der Waals surface area contributed by atoms with E-state index in [-0.39, 0.29) is 6.10 Å². The van der Waals surface area contributed by atoms with Gasteiger partial charge in [0, 0.05) is 12.6 Å². The third-order valence-electron chi connectivity index (χ3n) is 4.20. The molecule has 0 aliphatic heterocycles. The highest BCUT2D eigenvalue weighted by atomic mass is 16.3. The molecule has 0 radical (unpaired) electrons. The molecule has 0 saturated heterocycles. The predicted molar refractivity (Wildman–Crippen MR) is 69.4 cm³/mol. The van der Waals surface area contributed by atoms with Gasteiger partial charge in [0.2, 0.25) is 0 Å². The summed E-state index contributed by atoms with van der Waals surface area (Å²) in [4.78, 5) is 2.38. The van der Waals surface area contributed by atoms with Crippen LogP contribution in [0.1, 0.15) is 47.0 Å². The van der Waals surface area contributed by atoms with Crippen molar-refractivity contribution in [3.8, 4) is 0 Å². The summed E-state index contributed by atoms with van der Waals surface area (Å²) in [5.74, 6) is 2.02. The summed E-state index contributed by atoms with van der Waals surface area (Å²) >= 11 is 0. The van der Waals surface area contributed by atoms with Crippen LogP contribution in [0.15, 0.2) is 0 Å². The van der Waals surface area contributed by atoms with Crippen molar-refractivity contribution in [2.75, 3.05) is 13.6 Å². The van der Waals surface area contributed by atoms with Crippen LogP contribution in [0, 0.1) is 17.8 Å². The molecule has 0 spiro atoms. The standard InChI is InChI=1S/C14H29NO/c1-6-10(2)9-15(5)14-12(4)7-11(3)8-13(14)16/h10-14,16H,6-9H2,1-5H3. The monoisotopic (exact) mass is 227 g/mol. The third kappa shape index (κ3) is 3.46. The van der Waals surface area contributed by atoms with Crippen LogP contribution in [0.4, 0.5) is 0 Å². The maximum absolute atomic E-state index is 10.2. The Morgan fingerprint density at radius 1 is 1.31 bits per heavy atom. The molecule has 0 aromatic rings. The zero-order valence-electron chi connectivity index (χ0n) is 11.6. The lowest BCUT2D eigenvalue weighted by molar-refractivity contribution is -0.0183. The van der Waals surface area contributed by atoms with Crippen molar-refractivity contribution in [1.29, 1.82) is 0 Å². The fourth-order valence-corrected chi connectivity index (χ4v) is 3.27. The second-order valence-electron chi connectivity index (χ2n) is 6.06. The van der Waals surface area contributed by atoms with Crippen LogP contribution in [-0.2, 0) is 0 Å². The lowest BCUT2D eigenvalue weighted by Gasteiger charge is -2.42. The van der Waals surface area contributed by atoms with Crippen molar-refractivity contribution in [3.63, 3.8) is 0 Å². The van der Waals surface area contributed by atoms with Gasteiger partial charge in [0.25, 0.3) is 0 Å². The number of hydrogen-bond donors (Lipinski definition) is 1. The molecule has 0 amide bonds. The van der Waals surface area contributed by atoms with E-state index in [0.29, 0.717) is 17.9 Å². The summed E-state index contributed by atoms with van der Waals surface area (Å²) in [5.41, 5.74) is 0. The van der Waals surface area contributed by atoms with Crippen LogP contribution in [0.25, 0.3) is 0 Å². The van der Waals surface area contributed by atoms with E-state index in [2.05, 4.69) is 39.6 Å². The van der Waals surface area contributed by atoms with Crippen molar-refractivity contribution >= 4 is 0 Å². The highest BCUT2D eigenvalue weighted by Crippen LogP contribution is 2.32. The Bertz CT molecular complexity index is 195. The van der Waals surface area contributed by atoms with Gasteiger partial charge in [-0.2, -0.15) is 0 Å². The number of aliphatic hydroxyl groups excluding tert-OH is 1. The van der Waals surface area contributed by atoms with E-state index >= 15 is 0 Å². The Morgan fingerprint density at radius 3 is 2.44 bits per heavy atom. The summed E-state index contributed by atoms with van der Waals surface area (Å²) in [6.07, 6.45) is 3.32. The molecule has 16 heavy (non-hydrogen) atoms. The Kier molecular flexibility index (Phi) is 5.26. The zero-order chi connectivity index (χ0) is 12.3. The molecular weight excluding hydrogens is 198 g/mol. The first-order chi connectivity index (χ1) is 7.45. The fourth-order valence-electron chi connectivity index (χ4n) is 3.27. The molecule has 0 bridgehead atoms. The predicted octanol–water partition coefficient (Wildman–Crippen LogP) is 2.76. The lowest BCUT2D eigenvalue weighted by Crippen LogP contribution is -2.50. The Balaban J connectivity index is 2.56. The minimum Gasteiger partial charge on any atom is -0.391 e. The molecule has 2 nitrogen and oxygen atoms in total. The maximum Gasteiger partial charge on any atom is 0.0700 e. The van der Waals surface area contributed by atoms with Crippen LogP contribution in [-0.4, -0.2) is 35.7 Å². The number of rotatable bonds is 4. The molecule has 1 rings (SSSR count). The fraction of sp³-hybridized carbons (Fsp3) is 1.00. The quantitative estimate of drug-likeness (QED) is 0.798. The minimum absolute atomic E-state index is 0.132. The van der Waals surface area contributed by atoms with Gasteiger partial charge < -0.3 is 10.0 Å². The van der Waals surface area contributed by atoms with Crippen molar-refractivity contribution in [3.05, 3.63) is 0 Å². The second kappa shape index (κ2) is 6.02. The summed E-state index contributed by atoms with van der Waals surface area (Å²) in [7, 11) is 2.17. The van der Waals surface area contributed by atoms with E-state index in [9.17, 15) is 5.11 Å². The van der Waals surface area contributed by atoms with Gasteiger partial charge in [0.1, 0.15) is 0 Å². The van der Waals surface area contributed by atoms with E-state index in [1.807, 2.05) is 0 Å². The number of nitrogens with zero attached hydrogens (tertiary/aromatic N) is 1. The van der Waals surface area contributed by atoms with Gasteiger partial charge in [-0.25, -0.2) is 0 Å². The van der Waals surface area contributed by atoms with Crippen LogP contribution in [0.5, 0.6) is 0 Å². The van der Waals surface area contributed by atoms with Gasteiger partial charge in [-0.15, -0.1) is 0 Å². The zero-order valence-corrected chi connectivity index (χ0v) is 11.6. The lowest BCUT2D eigenvalue weighted by atomic mass is 9.77. The average molecular weight is 227 g/mol. The Hall–Kier alpha value is -0.0800. The number of likely N-dealkylation sites (N-methyl/N-ethyl adjacent to an activating group) is 1. The highest BCUT2D eigenvalue weighted by molar-refractivity contribution is 4.89. The van der Waals surface area contributed by atoms with Gasteiger partial charge in [-0.3, -0.25) is 0 Å². The van der Waals surface area contributed by atoms with E-state index in [1.165, 1.54) is 12.8 Å². The van der Waals surface area contributed by atoms with Gasteiger partial charge in [-0.05, 0) is 37.6 Å². The molecule has 96 valence electrons. The number of aliphatic hydroxyl groups is 1. The first-order valence-electron chi connectivity index (χ1n) is 6.84. The van der Waals surface area contributed by atoms with Crippen LogP contribution in [0.2, 0.25) is 0 Å². The molecular formula is C14H29NO. The smallest absolute Gasteiger partial charge is 0.0700 e. The molecule has 0 aromatic carbocycles. The Morgan fingerprint density at radius 2 is 1.94 bits per heavy atom. The highest BCUT2D eigenvalue weighted by Gasteiger charge is 2.35. The maximum atomic E-state index is 10.2. The molecule has 2 heteroatoms. The first-order valence-corrected chi connectivity index (χ1v) is 6.84. The van der Waals surface area contributed by atoms with Crippen molar-refractivity contribution in [2.24, 2.45) is 17.8 Å². The van der Waals surface area contributed by atoms with Gasteiger partial charge in [0.05, 0.1) is 6.10 Å². The van der Waals surface area contributed by atoms with Crippen molar-refractivity contribution < 1.29 is 5.11 Å². The van der Waals surface area contributed by atoms with Gasteiger partial charge in [-0.1, -0.05) is 34.1 Å². The summed E-state index contributed by atoms with van der Waals surface area (Å²) < 4.78 is 0. The van der Waals surface area contributed by atoms with E-state index < -0.39 is 0 Å². The number of hydrogen-bond acceptors (Lipinski definition) is 2. The molecule has 1 saturated carbocycles. The summed E-state index contributed by atoms with van der Waals surface area (Å²) in [6.45, 7) is 10.2. The van der Waals surface area contributed by atoms with E-state index in [0.717, 1.165) is 18.9 Å². The van der Waals surface area contributed by atoms with Crippen molar-refractivity contribution in [2.45, 2.75) is 59.1 Å². The topological polar surface area (TPSA) is 23.5 Å². The third-order valence-corrected chi connectivity index (χ3v) is 4.20. The van der Waals surface area contributed by atoms with E-state index in [4.69, 9.17) is 0 Å². The summed E-state index contributed by atoms with van der Waals surface area (Å²) in [6, 6.07) is 0.366. The molecule has 5 unspecified atom stereocenters. The van der Waals surface area contributed by atoms with Gasteiger partial charge in [0.15, 0.2) is 0 Å². The second-order valence-corrected chi connectivity index (χ2v) is 6.06. The molecule has 0 heterocycles. The molecule has 0 aromatic heterocycles. The molecule has 5 atom stereocenters. The minimum atomic E-state index is -0.132. The first kappa shape index (κ1) is 14.0. The molecule has 1 N–H and O–H groups in total. The summed E-state index contributed by atoms with van der Waals surface area (Å²) in [5, 5.41) is 10.2. The molecule has 1 aliphatic carbocycles. The Labute approximate surface area is 101 Å². The SMILES string of the molecule is CCC(C)CN(C)C1C(C)CC(C)CC1O. The van der Waals surface area contributed by atoms with Crippen LogP contribution in [0.3, 0.4) is 0 Å². The van der Waals surface area contributed by atoms with Crippen LogP contribution >= 0.6 is 0 Å². The largest absolute Gasteiger partial charge is 0.391 e. The normalized spacial score (nSPS) is 37.7. The van der Waals surface area contributed by atoms with E-state index in [1.54, 1.807) is 0 Å². The molecule has 1 aliphatic rings. The van der Waals surface area contributed by atoms with Crippen molar-refractivity contribution in [1.82, 2.24) is 4.90 Å².